The first-order valence-corrected chi connectivity index (χ1v) is 6.89. The molecule has 0 spiro atoms. The van der Waals surface area contributed by atoms with Crippen LogP contribution in [0, 0.1) is 17.1 Å². The molecule has 0 aliphatic rings. The number of ether oxygens (including phenoxy) is 1. The van der Waals surface area contributed by atoms with Crippen molar-refractivity contribution in [2.45, 2.75) is 5.92 Å². The summed E-state index contributed by atoms with van der Waals surface area (Å²) in [5.74, 6) is -1.94. The lowest BCUT2D eigenvalue weighted by molar-refractivity contribution is 0.0974. The van der Waals surface area contributed by atoms with E-state index in [9.17, 15) is 14.4 Å². The number of nitriles is 1. The van der Waals surface area contributed by atoms with Crippen LogP contribution in [0.2, 0.25) is 0 Å². The second-order valence-electron chi connectivity index (χ2n) is 4.29. The summed E-state index contributed by atoms with van der Waals surface area (Å²) in [5, 5.41) is 9.32. The van der Waals surface area contributed by atoms with Gasteiger partial charge < -0.3 is 4.74 Å². The summed E-state index contributed by atoms with van der Waals surface area (Å²) in [4.78, 5) is 12.4. The number of Topliss-reactive ketones (excluding diaryl/α,β-unsaturated/α-hetero) is 1. The van der Waals surface area contributed by atoms with Gasteiger partial charge in [-0.15, -0.1) is 0 Å². The van der Waals surface area contributed by atoms with Gasteiger partial charge in [0.2, 0.25) is 0 Å². The van der Waals surface area contributed by atoms with E-state index in [0.717, 1.165) is 0 Å². The highest BCUT2D eigenvalue weighted by molar-refractivity contribution is 9.10. The van der Waals surface area contributed by atoms with E-state index in [1.54, 1.807) is 30.3 Å². The molecule has 0 bridgehead atoms. The van der Waals surface area contributed by atoms with Crippen LogP contribution < -0.4 is 4.74 Å². The molecule has 0 aliphatic carbocycles. The summed E-state index contributed by atoms with van der Waals surface area (Å²) in [7, 11) is 1.46. The van der Waals surface area contributed by atoms with E-state index in [1.165, 1.54) is 19.2 Å². The third-order valence-corrected chi connectivity index (χ3v) is 3.53. The minimum atomic E-state index is -1.11. The smallest absolute Gasteiger partial charge is 0.187 e. The minimum Gasteiger partial charge on any atom is -0.496 e. The number of para-hydroxylation sites is 1. The van der Waals surface area contributed by atoms with E-state index >= 15 is 0 Å². The molecular weight excluding hydrogens is 337 g/mol. The third-order valence-electron chi connectivity index (χ3n) is 3.04. The topological polar surface area (TPSA) is 50.1 Å². The molecule has 0 amide bonds. The first-order valence-electron chi connectivity index (χ1n) is 6.10. The SMILES string of the molecule is COc1ccccc1C(C#N)C(=O)c1ccc(Br)cc1F. The van der Waals surface area contributed by atoms with Gasteiger partial charge in [0.25, 0.3) is 0 Å². The highest BCUT2D eigenvalue weighted by Crippen LogP contribution is 2.30. The van der Waals surface area contributed by atoms with E-state index in [4.69, 9.17) is 4.74 Å². The number of carbonyl (C=O) groups excluding carboxylic acids is 1. The van der Waals surface area contributed by atoms with Gasteiger partial charge in [0.05, 0.1) is 18.7 Å². The van der Waals surface area contributed by atoms with Crippen LogP contribution in [0.4, 0.5) is 4.39 Å². The molecule has 0 heterocycles. The van der Waals surface area contributed by atoms with Crippen molar-refractivity contribution in [3.8, 4) is 11.8 Å². The first-order chi connectivity index (χ1) is 10.1. The summed E-state index contributed by atoms with van der Waals surface area (Å²) in [6.45, 7) is 0. The monoisotopic (exact) mass is 347 g/mol. The quantitative estimate of drug-likeness (QED) is 0.782. The fraction of sp³-hybridized carbons (Fsp3) is 0.125. The minimum absolute atomic E-state index is 0.115. The number of ketones is 1. The molecule has 1 atom stereocenters. The maximum Gasteiger partial charge on any atom is 0.187 e. The van der Waals surface area contributed by atoms with Crippen molar-refractivity contribution >= 4 is 21.7 Å². The number of rotatable bonds is 4. The zero-order valence-electron chi connectivity index (χ0n) is 11.1. The molecule has 0 aliphatic heterocycles. The van der Waals surface area contributed by atoms with E-state index in [-0.39, 0.29) is 5.56 Å². The lowest BCUT2D eigenvalue weighted by atomic mass is 9.91. The molecule has 0 N–H and O–H groups in total. The van der Waals surface area contributed by atoms with Crippen LogP contribution in [0.3, 0.4) is 0 Å². The Morgan fingerprint density at radius 3 is 2.67 bits per heavy atom. The molecule has 1 unspecified atom stereocenters. The van der Waals surface area contributed by atoms with Crippen LogP contribution in [0.5, 0.6) is 5.75 Å². The summed E-state index contributed by atoms with van der Waals surface area (Å²) in [5.41, 5.74) is 0.311. The average Bonchev–Trinajstić information content (AvgIpc) is 2.48. The van der Waals surface area contributed by atoms with E-state index < -0.39 is 17.5 Å². The molecule has 0 fully saturated rings. The van der Waals surface area contributed by atoms with Crippen LogP contribution in [0.25, 0.3) is 0 Å². The van der Waals surface area contributed by atoms with Crippen molar-refractivity contribution in [1.29, 1.82) is 5.26 Å². The normalized spacial score (nSPS) is 11.5. The molecule has 0 saturated heterocycles. The highest BCUT2D eigenvalue weighted by atomic mass is 79.9. The van der Waals surface area contributed by atoms with Crippen molar-refractivity contribution < 1.29 is 13.9 Å². The Morgan fingerprint density at radius 1 is 1.33 bits per heavy atom. The Kier molecular flexibility index (Phi) is 4.71. The van der Waals surface area contributed by atoms with Gasteiger partial charge in [0.15, 0.2) is 5.78 Å². The maximum atomic E-state index is 13.9. The van der Waals surface area contributed by atoms with Gasteiger partial charge in [0.1, 0.15) is 17.5 Å². The fourth-order valence-corrected chi connectivity index (χ4v) is 2.35. The third kappa shape index (κ3) is 3.11. The average molecular weight is 348 g/mol. The van der Waals surface area contributed by atoms with Crippen molar-refractivity contribution in [3.05, 3.63) is 63.9 Å². The Labute approximate surface area is 130 Å². The van der Waals surface area contributed by atoms with Gasteiger partial charge in [-0.25, -0.2) is 4.39 Å². The van der Waals surface area contributed by atoms with Gasteiger partial charge in [-0.1, -0.05) is 34.1 Å². The number of hydrogen-bond acceptors (Lipinski definition) is 3. The highest BCUT2D eigenvalue weighted by Gasteiger charge is 2.26. The molecule has 0 radical (unpaired) electrons. The van der Waals surface area contributed by atoms with Crippen molar-refractivity contribution in [2.75, 3.05) is 7.11 Å². The molecule has 106 valence electrons. The standard InChI is InChI=1S/C16H11BrFNO2/c1-21-15-5-3-2-4-11(15)13(9-19)16(20)12-7-6-10(17)8-14(12)18/h2-8,13H,1H3. The van der Waals surface area contributed by atoms with Crippen molar-refractivity contribution in [2.24, 2.45) is 0 Å². The number of benzene rings is 2. The van der Waals surface area contributed by atoms with Gasteiger partial charge in [0, 0.05) is 10.0 Å². The number of carbonyl (C=O) groups is 1. The molecule has 3 nitrogen and oxygen atoms in total. The van der Waals surface area contributed by atoms with Crippen LogP contribution in [0.1, 0.15) is 21.8 Å². The largest absolute Gasteiger partial charge is 0.496 e. The van der Waals surface area contributed by atoms with Crippen LogP contribution in [-0.2, 0) is 0 Å². The number of hydrogen-bond donors (Lipinski definition) is 0. The zero-order chi connectivity index (χ0) is 15.4. The van der Waals surface area contributed by atoms with E-state index in [0.29, 0.717) is 15.8 Å². The summed E-state index contributed by atoms with van der Waals surface area (Å²) in [6, 6.07) is 12.8. The Balaban J connectivity index is 2.46. The molecule has 5 heteroatoms. The number of methoxy groups -OCH3 is 1. The zero-order valence-corrected chi connectivity index (χ0v) is 12.7. The number of halogens is 2. The molecule has 21 heavy (non-hydrogen) atoms. The second kappa shape index (κ2) is 6.51. The van der Waals surface area contributed by atoms with E-state index in [1.807, 2.05) is 6.07 Å². The van der Waals surface area contributed by atoms with Crippen LogP contribution in [0.15, 0.2) is 46.9 Å². The number of nitrogens with zero attached hydrogens (tertiary/aromatic N) is 1. The molecule has 2 aromatic carbocycles. The Bertz CT molecular complexity index is 724. The van der Waals surface area contributed by atoms with Crippen molar-refractivity contribution in [1.82, 2.24) is 0 Å². The molecular formula is C16H11BrFNO2. The lowest BCUT2D eigenvalue weighted by Crippen LogP contribution is -2.14. The Hall–Kier alpha value is -2.19. The molecule has 2 aromatic rings. The van der Waals surface area contributed by atoms with E-state index in [2.05, 4.69) is 15.9 Å². The van der Waals surface area contributed by atoms with Crippen LogP contribution in [-0.4, -0.2) is 12.9 Å². The summed E-state index contributed by atoms with van der Waals surface area (Å²) < 4.78 is 19.6. The van der Waals surface area contributed by atoms with Crippen LogP contribution >= 0.6 is 15.9 Å². The van der Waals surface area contributed by atoms with Gasteiger partial charge in [-0.2, -0.15) is 5.26 Å². The van der Waals surface area contributed by atoms with Gasteiger partial charge in [-0.05, 0) is 24.3 Å². The first kappa shape index (κ1) is 15.2. The maximum absolute atomic E-state index is 13.9. The second-order valence-corrected chi connectivity index (χ2v) is 5.21. The summed E-state index contributed by atoms with van der Waals surface area (Å²) in [6.07, 6.45) is 0. The molecule has 0 aromatic heterocycles. The Morgan fingerprint density at radius 2 is 2.05 bits per heavy atom. The summed E-state index contributed by atoms with van der Waals surface area (Å²) >= 11 is 3.13. The lowest BCUT2D eigenvalue weighted by Gasteiger charge is -2.13. The van der Waals surface area contributed by atoms with Gasteiger partial charge in [-0.3, -0.25) is 4.79 Å². The fourth-order valence-electron chi connectivity index (χ4n) is 2.02. The molecule has 2 rings (SSSR count). The van der Waals surface area contributed by atoms with Crippen molar-refractivity contribution in [3.63, 3.8) is 0 Å². The predicted molar refractivity (Wildman–Crippen MR) is 79.8 cm³/mol. The van der Waals surface area contributed by atoms with Gasteiger partial charge >= 0.3 is 0 Å². The molecule has 0 saturated carbocycles. The predicted octanol–water partition coefficient (Wildman–Crippen LogP) is 4.09.